The quantitative estimate of drug-likeness (QED) is 0.823. The van der Waals surface area contributed by atoms with Crippen LogP contribution in [-0.4, -0.2) is 17.6 Å². The smallest absolute Gasteiger partial charge is 0.305 e. The SMILES string of the molecule is Cc1c(C(=O)NNC(=O)c2ccccc2)oc2c1C(=O)CC(C)(C)C2. The number of benzene rings is 1. The van der Waals surface area contributed by atoms with Crippen LogP contribution >= 0.6 is 0 Å². The first-order chi connectivity index (χ1) is 11.8. The molecule has 0 unspecified atom stereocenters. The molecule has 0 radical (unpaired) electrons. The first kappa shape index (κ1) is 17.0. The van der Waals surface area contributed by atoms with Crippen LogP contribution in [0, 0.1) is 12.3 Å². The van der Waals surface area contributed by atoms with Crippen LogP contribution in [0.4, 0.5) is 0 Å². The lowest BCUT2D eigenvalue weighted by Gasteiger charge is -2.27. The Kier molecular flexibility index (Phi) is 4.20. The molecule has 6 heteroatoms. The average molecular weight is 340 g/mol. The van der Waals surface area contributed by atoms with E-state index in [1.807, 2.05) is 13.8 Å². The van der Waals surface area contributed by atoms with Gasteiger partial charge in [-0.1, -0.05) is 32.0 Å². The number of furan rings is 1. The zero-order valence-electron chi connectivity index (χ0n) is 14.4. The second-order valence-corrected chi connectivity index (χ2v) is 7.07. The Bertz CT molecular complexity index is 850. The molecular weight excluding hydrogens is 320 g/mol. The Balaban J connectivity index is 1.76. The van der Waals surface area contributed by atoms with Gasteiger partial charge in [0.25, 0.3) is 5.91 Å². The molecule has 0 bridgehead atoms. The molecule has 0 spiro atoms. The highest BCUT2D eigenvalue weighted by atomic mass is 16.4. The molecule has 1 aliphatic rings. The second-order valence-electron chi connectivity index (χ2n) is 7.07. The van der Waals surface area contributed by atoms with Crippen LogP contribution in [0.5, 0.6) is 0 Å². The van der Waals surface area contributed by atoms with E-state index in [9.17, 15) is 14.4 Å². The Morgan fingerprint density at radius 1 is 1.04 bits per heavy atom. The van der Waals surface area contributed by atoms with Crippen molar-refractivity contribution in [1.29, 1.82) is 0 Å². The Morgan fingerprint density at radius 2 is 1.68 bits per heavy atom. The van der Waals surface area contributed by atoms with Crippen LogP contribution in [0.3, 0.4) is 0 Å². The van der Waals surface area contributed by atoms with Crippen LogP contribution in [-0.2, 0) is 6.42 Å². The van der Waals surface area contributed by atoms with Gasteiger partial charge in [-0.3, -0.25) is 25.2 Å². The lowest BCUT2D eigenvalue weighted by atomic mass is 9.76. The van der Waals surface area contributed by atoms with Crippen LogP contribution in [0.1, 0.15) is 62.9 Å². The molecule has 1 aliphatic carbocycles. The number of hydrogen-bond donors (Lipinski definition) is 2. The van der Waals surface area contributed by atoms with Gasteiger partial charge in [0.1, 0.15) is 5.76 Å². The van der Waals surface area contributed by atoms with E-state index in [0.29, 0.717) is 35.3 Å². The van der Waals surface area contributed by atoms with Crippen molar-refractivity contribution in [3.8, 4) is 0 Å². The van der Waals surface area contributed by atoms with Crippen LogP contribution in [0.25, 0.3) is 0 Å². The minimum Gasteiger partial charge on any atom is -0.455 e. The number of hydrogen-bond acceptors (Lipinski definition) is 4. The number of fused-ring (bicyclic) bond motifs is 1. The third kappa shape index (κ3) is 3.33. The first-order valence-electron chi connectivity index (χ1n) is 8.10. The standard InChI is InChI=1S/C19H20N2O4/c1-11-15-13(22)9-19(2,3)10-14(15)25-16(11)18(24)21-20-17(23)12-7-5-4-6-8-12/h4-8H,9-10H2,1-3H3,(H,20,23)(H,21,24). The summed E-state index contributed by atoms with van der Waals surface area (Å²) >= 11 is 0. The monoisotopic (exact) mass is 340 g/mol. The van der Waals surface area contributed by atoms with E-state index >= 15 is 0 Å². The molecule has 6 nitrogen and oxygen atoms in total. The van der Waals surface area contributed by atoms with Gasteiger partial charge in [0, 0.05) is 24.0 Å². The number of amides is 2. The minimum atomic E-state index is -0.582. The van der Waals surface area contributed by atoms with E-state index in [2.05, 4.69) is 10.9 Å². The molecule has 2 N–H and O–H groups in total. The Hall–Kier alpha value is -2.89. The summed E-state index contributed by atoms with van der Waals surface area (Å²) in [6.07, 6.45) is 1.02. The number of carbonyl (C=O) groups is 3. The van der Waals surface area contributed by atoms with Crippen molar-refractivity contribution in [3.05, 3.63) is 58.5 Å². The molecule has 2 aromatic rings. The summed E-state index contributed by atoms with van der Waals surface area (Å²) in [5.74, 6) is -0.426. The highest BCUT2D eigenvalue weighted by Gasteiger charge is 2.37. The van der Waals surface area contributed by atoms with Gasteiger partial charge in [-0.15, -0.1) is 0 Å². The predicted octanol–water partition coefficient (Wildman–Crippen LogP) is 2.82. The van der Waals surface area contributed by atoms with Gasteiger partial charge in [0.15, 0.2) is 11.5 Å². The van der Waals surface area contributed by atoms with Crippen LogP contribution in [0.15, 0.2) is 34.7 Å². The average Bonchev–Trinajstić information content (AvgIpc) is 2.88. The number of Topliss-reactive ketones (excluding diaryl/α,β-unsaturated/α-hetero) is 1. The number of nitrogens with one attached hydrogen (secondary N) is 2. The zero-order valence-corrected chi connectivity index (χ0v) is 14.4. The second kappa shape index (κ2) is 6.20. The fourth-order valence-corrected chi connectivity index (χ4v) is 3.13. The van der Waals surface area contributed by atoms with E-state index in [-0.39, 0.29) is 17.0 Å². The molecule has 0 fully saturated rings. The zero-order chi connectivity index (χ0) is 18.2. The molecule has 1 aromatic heterocycles. The lowest BCUT2D eigenvalue weighted by Crippen LogP contribution is -2.41. The molecule has 3 rings (SSSR count). The van der Waals surface area contributed by atoms with E-state index < -0.39 is 11.8 Å². The van der Waals surface area contributed by atoms with Gasteiger partial charge >= 0.3 is 5.91 Å². The van der Waals surface area contributed by atoms with Crippen LogP contribution in [0.2, 0.25) is 0 Å². The fourth-order valence-electron chi connectivity index (χ4n) is 3.13. The van der Waals surface area contributed by atoms with Crippen molar-refractivity contribution in [2.24, 2.45) is 5.41 Å². The highest BCUT2D eigenvalue weighted by Crippen LogP contribution is 2.38. The lowest BCUT2D eigenvalue weighted by molar-refractivity contribution is 0.0827. The summed E-state index contributed by atoms with van der Waals surface area (Å²) in [4.78, 5) is 36.7. The summed E-state index contributed by atoms with van der Waals surface area (Å²) in [5, 5.41) is 0. The van der Waals surface area contributed by atoms with Gasteiger partial charge in [0.2, 0.25) is 0 Å². The van der Waals surface area contributed by atoms with Crippen LogP contribution < -0.4 is 10.9 Å². The van der Waals surface area contributed by atoms with Crippen molar-refractivity contribution in [2.75, 3.05) is 0 Å². The van der Waals surface area contributed by atoms with Gasteiger partial charge in [-0.25, -0.2) is 0 Å². The summed E-state index contributed by atoms with van der Waals surface area (Å²) in [6.45, 7) is 5.67. The fraction of sp³-hybridized carbons (Fsp3) is 0.316. The number of hydrazine groups is 1. The molecule has 0 saturated heterocycles. The summed E-state index contributed by atoms with van der Waals surface area (Å²) in [7, 11) is 0. The maximum Gasteiger partial charge on any atom is 0.305 e. The van der Waals surface area contributed by atoms with E-state index in [4.69, 9.17) is 4.42 Å². The summed E-state index contributed by atoms with van der Waals surface area (Å²) in [6, 6.07) is 8.53. The third-order valence-corrected chi connectivity index (χ3v) is 4.31. The summed E-state index contributed by atoms with van der Waals surface area (Å²) in [5.41, 5.74) is 5.94. The maximum absolute atomic E-state index is 12.4. The van der Waals surface area contributed by atoms with Crippen molar-refractivity contribution in [1.82, 2.24) is 10.9 Å². The van der Waals surface area contributed by atoms with Crippen molar-refractivity contribution in [3.63, 3.8) is 0 Å². The first-order valence-corrected chi connectivity index (χ1v) is 8.10. The van der Waals surface area contributed by atoms with Gasteiger partial charge < -0.3 is 4.42 Å². The largest absolute Gasteiger partial charge is 0.455 e. The molecule has 1 heterocycles. The van der Waals surface area contributed by atoms with Crippen molar-refractivity contribution < 1.29 is 18.8 Å². The minimum absolute atomic E-state index is 0.0140. The predicted molar refractivity (Wildman–Crippen MR) is 91.3 cm³/mol. The Labute approximate surface area is 145 Å². The topological polar surface area (TPSA) is 88.4 Å². The molecule has 130 valence electrons. The third-order valence-electron chi connectivity index (χ3n) is 4.31. The molecule has 0 atom stereocenters. The van der Waals surface area contributed by atoms with Gasteiger partial charge in [0.05, 0.1) is 5.56 Å². The number of carbonyl (C=O) groups excluding carboxylic acids is 3. The van der Waals surface area contributed by atoms with E-state index in [1.165, 1.54) is 0 Å². The molecule has 2 amide bonds. The van der Waals surface area contributed by atoms with E-state index in [1.54, 1.807) is 37.3 Å². The molecule has 0 saturated carbocycles. The number of ketones is 1. The number of rotatable bonds is 2. The van der Waals surface area contributed by atoms with Crippen molar-refractivity contribution >= 4 is 17.6 Å². The molecule has 0 aliphatic heterocycles. The molecule has 25 heavy (non-hydrogen) atoms. The maximum atomic E-state index is 12.4. The van der Waals surface area contributed by atoms with Gasteiger partial charge in [-0.05, 0) is 24.5 Å². The normalized spacial score (nSPS) is 15.4. The molecular formula is C19H20N2O4. The van der Waals surface area contributed by atoms with Crippen molar-refractivity contribution in [2.45, 2.75) is 33.6 Å². The van der Waals surface area contributed by atoms with E-state index in [0.717, 1.165) is 0 Å². The van der Waals surface area contributed by atoms with Gasteiger partial charge in [-0.2, -0.15) is 0 Å². The highest BCUT2D eigenvalue weighted by molar-refractivity contribution is 6.04. The molecule has 1 aromatic carbocycles. The summed E-state index contributed by atoms with van der Waals surface area (Å²) < 4.78 is 5.66. The Morgan fingerprint density at radius 3 is 2.36 bits per heavy atom.